The first-order valence-corrected chi connectivity index (χ1v) is 9.41. The molecule has 0 amide bonds. The maximum absolute atomic E-state index is 11.9. The third kappa shape index (κ3) is 4.17. The van der Waals surface area contributed by atoms with Gasteiger partial charge in [0.1, 0.15) is 0 Å². The molecule has 0 saturated carbocycles. The summed E-state index contributed by atoms with van der Waals surface area (Å²) >= 11 is 0. The second kappa shape index (κ2) is 8.81. The van der Waals surface area contributed by atoms with Gasteiger partial charge in [-0.15, -0.1) is 0 Å². The third-order valence-electron chi connectivity index (χ3n) is 5.31. The summed E-state index contributed by atoms with van der Waals surface area (Å²) in [4.78, 5) is 14.0. The van der Waals surface area contributed by atoms with Crippen LogP contribution in [0.2, 0.25) is 0 Å². The number of oxazole rings is 1. The number of aliphatic hydroxyl groups excluding tert-OH is 3. The predicted octanol–water partition coefficient (Wildman–Crippen LogP) is 0.943. The Balaban J connectivity index is 1.41. The monoisotopic (exact) mass is 364 g/mol. The van der Waals surface area contributed by atoms with Gasteiger partial charge >= 0.3 is 5.76 Å². The molecular weight excluding hydrogens is 336 g/mol. The Morgan fingerprint density at radius 3 is 2.58 bits per heavy atom. The van der Waals surface area contributed by atoms with Crippen molar-refractivity contribution in [2.45, 2.75) is 56.9 Å². The zero-order valence-corrected chi connectivity index (χ0v) is 15.0. The van der Waals surface area contributed by atoms with Crippen molar-refractivity contribution in [3.63, 3.8) is 0 Å². The van der Waals surface area contributed by atoms with Crippen LogP contribution in [0.15, 0.2) is 33.5 Å². The molecule has 0 aliphatic carbocycles. The topological polar surface area (TPSA) is 99.1 Å². The van der Waals surface area contributed by atoms with E-state index in [4.69, 9.17) is 4.42 Å². The van der Waals surface area contributed by atoms with Crippen molar-refractivity contribution in [1.82, 2.24) is 9.47 Å². The van der Waals surface area contributed by atoms with E-state index < -0.39 is 12.2 Å². The van der Waals surface area contributed by atoms with E-state index >= 15 is 0 Å². The fraction of sp³-hybridized carbons (Fsp3) is 0.632. The van der Waals surface area contributed by atoms with Crippen LogP contribution in [-0.4, -0.2) is 62.7 Å². The molecule has 144 valence electrons. The molecule has 1 aliphatic heterocycles. The molecule has 0 bridgehead atoms. The van der Waals surface area contributed by atoms with Gasteiger partial charge in [-0.05, 0) is 37.9 Å². The summed E-state index contributed by atoms with van der Waals surface area (Å²) in [6.07, 6.45) is 2.77. The standard InChI is InChI=1S/C19H28N2O5/c22-13-15-18(24)16(23)9-12-20(15)10-5-1-2-6-11-21-14-7-3-4-8-17(14)26-19(21)25/h3-4,7-8,15-16,18,22-24H,1-2,5-6,9-13H2/t15?,16?,18-/m1/s1. The second-order valence-electron chi connectivity index (χ2n) is 7.03. The molecule has 3 rings (SSSR count). The van der Waals surface area contributed by atoms with Crippen LogP contribution in [0.25, 0.3) is 11.1 Å². The number of rotatable bonds is 8. The summed E-state index contributed by atoms with van der Waals surface area (Å²) in [7, 11) is 0. The van der Waals surface area contributed by atoms with E-state index in [1.165, 1.54) is 0 Å². The maximum Gasteiger partial charge on any atom is 0.419 e. The van der Waals surface area contributed by atoms with Gasteiger partial charge in [0.05, 0.1) is 30.4 Å². The molecule has 3 N–H and O–H groups in total. The van der Waals surface area contributed by atoms with E-state index in [0.717, 1.165) is 37.7 Å². The quantitative estimate of drug-likeness (QED) is 0.603. The number of benzene rings is 1. The van der Waals surface area contributed by atoms with Gasteiger partial charge in [-0.3, -0.25) is 9.47 Å². The molecule has 1 aliphatic rings. The molecule has 1 saturated heterocycles. The van der Waals surface area contributed by atoms with Crippen LogP contribution in [0.3, 0.4) is 0 Å². The van der Waals surface area contributed by atoms with Crippen molar-refractivity contribution in [3.8, 4) is 0 Å². The van der Waals surface area contributed by atoms with E-state index in [2.05, 4.69) is 4.90 Å². The Bertz CT molecular complexity index is 756. The summed E-state index contributed by atoms with van der Waals surface area (Å²) in [5, 5.41) is 29.1. The summed E-state index contributed by atoms with van der Waals surface area (Å²) in [5.74, 6) is -0.308. The minimum Gasteiger partial charge on any atom is -0.408 e. The van der Waals surface area contributed by atoms with Crippen LogP contribution in [0.1, 0.15) is 32.1 Å². The number of fused-ring (bicyclic) bond motifs is 1. The molecule has 1 aromatic heterocycles. The van der Waals surface area contributed by atoms with Crippen LogP contribution in [0, 0.1) is 0 Å². The number of hydrogen-bond donors (Lipinski definition) is 3. The van der Waals surface area contributed by atoms with Crippen molar-refractivity contribution in [3.05, 3.63) is 34.8 Å². The van der Waals surface area contributed by atoms with Gasteiger partial charge in [-0.25, -0.2) is 4.79 Å². The molecule has 2 heterocycles. The number of aliphatic hydroxyl groups is 3. The van der Waals surface area contributed by atoms with Gasteiger partial charge in [-0.1, -0.05) is 25.0 Å². The lowest BCUT2D eigenvalue weighted by molar-refractivity contribution is -0.0896. The van der Waals surface area contributed by atoms with Gasteiger partial charge < -0.3 is 19.7 Å². The number of para-hydroxylation sites is 2. The zero-order chi connectivity index (χ0) is 18.5. The third-order valence-corrected chi connectivity index (χ3v) is 5.31. The Labute approximate surface area is 152 Å². The van der Waals surface area contributed by atoms with Crippen LogP contribution in [0.4, 0.5) is 0 Å². The number of likely N-dealkylation sites (tertiary alicyclic amines) is 1. The largest absolute Gasteiger partial charge is 0.419 e. The summed E-state index contributed by atoms with van der Waals surface area (Å²) in [6, 6.07) is 7.07. The van der Waals surface area contributed by atoms with E-state index in [9.17, 15) is 20.1 Å². The number of piperidine rings is 1. The molecule has 2 unspecified atom stereocenters. The Morgan fingerprint density at radius 2 is 1.81 bits per heavy atom. The molecule has 3 atom stereocenters. The molecular formula is C19H28N2O5. The lowest BCUT2D eigenvalue weighted by Gasteiger charge is -2.40. The SMILES string of the molecule is O=c1oc2ccccc2n1CCCCCCN1CCC(O)[C@H](O)C1CO. The predicted molar refractivity (Wildman–Crippen MR) is 98.0 cm³/mol. The lowest BCUT2D eigenvalue weighted by Crippen LogP contribution is -2.56. The average molecular weight is 364 g/mol. The number of nitrogens with zero attached hydrogens (tertiary/aromatic N) is 2. The number of aromatic nitrogens is 1. The summed E-state index contributed by atoms with van der Waals surface area (Å²) in [6.45, 7) is 1.99. The maximum atomic E-state index is 11.9. The first-order chi connectivity index (χ1) is 12.6. The van der Waals surface area contributed by atoms with Crippen molar-refractivity contribution in [1.29, 1.82) is 0 Å². The Kier molecular flexibility index (Phi) is 6.48. The minimum absolute atomic E-state index is 0.144. The van der Waals surface area contributed by atoms with E-state index in [1.54, 1.807) is 10.6 Å². The van der Waals surface area contributed by atoms with Crippen LogP contribution in [0.5, 0.6) is 0 Å². The molecule has 26 heavy (non-hydrogen) atoms. The highest BCUT2D eigenvalue weighted by Crippen LogP contribution is 2.19. The van der Waals surface area contributed by atoms with Crippen LogP contribution >= 0.6 is 0 Å². The highest BCUT2D eigenvalue weighted by molar-refractivity contribution is 5.72. The first kappa shape index (κ1) is 19.1. The van der Waals surface area contributed by atoms with E-state index in [-0.39, 0.29) is 18.4 Å². The highest BCUT2D eigenvalue weighted by Gasteiger charge is 2.34. The Morgan fingerprint density at radius 1 is 1.08 bits per heavy atom. The molecule has 2 aromatic rings. The normalized spacial score (nSPS) is 24.3. The molecule has 1 aromatic carbocycles. The lowest BCUT2D eigenvalue weighted by atomic mass is 9.96. The van der Waals surface area contributed by atoms with Gasteiger partial charge in [0, 0.05) is 13.1 Å². The number of aryl methyl sites for hydroxylation is 1. The first-order valence-electron chi connectivity index (χ1n) is 9.41. The Hall–Kier alpha value is -1.67. The molecule has 0 spiro atoms. The van der Waals surface area contributed by atoms with Crippen molar-refractivity contribution < 1.29 is 19.7 Å². The fourth-order valence-electron chi connectivity index (χ4n) is 3.77. The second-order valence-corrected chi connectivity index (χ2v) is 7.03. The van der Waals surface area contributed by atoms with Gasteiger partial charge in [0.25, 0.3) is 0 Å². The molecule has 7 heteroatoms. The van der Waals surface area contributed by atoms with E-state index in [1.807, 2.05) is 18.2 Å². The van der Waals surface area contributed by atoms with Crippen LogP contribution < -0.4 is 5.76 Å². The van der Waals surface area contributed by atoms with Gasteiger partial charge in [-0.2, -0.15) is 0 Å². The van der Waals surface area contributed by atoms with Crippen molar-refractivity contribution in [2.75, 3.05) is 19.7 Å². The van der Waals surface area contributed by atoms with E-state index in [0.29, 0.717) is 25.1 Å². The fourth-order valence-corrected chi connectivity index (χ4v) is 3.77. The van der Waals surface area contributed by atoms with Crippen molar-refractivity contribution >= 4 is 11.1 Å². The van der Waals surface area contributed by atoms with Gasteiger partial charge in [0.15, 0.2) is 5.58 Å². The molecule has 0 radical (unpaired) electrons. The average Bonchev–Trinajstić information content (AvgIpc) is 2.96. The van der Waals surface area contributed by atoms with Crippen LogP contribution in [-0.2, 0) is 6.54 Å². The summed E-state index contributed by atoms with van der Waals surface area (Å²) in [5.41, 5.74) is 1.46. The molecule has 7 nitrogen and oxygen atoms in total. The molecule has 1 fully saturated rings. The highest BCUT2D eigenvalue weighted by atomic mass is 16.4. The number of hydrogen-bond acceptors (Lipinski definition) is 6. The minimum atomic E-state index is -0.880. The van der Waals surface area contributed by atoms with Gasteiger partial charge in [0.2, 0.25) is 0 Å². The summed E-state index contributed by atoms with van der Waals surface area (Å²) < 4.78 is 6.91. The smallest absolute Gasteiger partial charge is 0.408 e. The number of unbranched alkanes of at least 4 members (excludes halogenated alkanes) is 3. The zero-order valence-electron chi connectivity index (χ0n) is 15.0. The van der Waals surface area contributed by atoms with Crippen molar-refractivity contribution in [2.24, 2.45) is 0 Å².